The molecule has 1 N–H and O–H groups in total. The topological polar surface area (TPSA) is 103 Å². The maximum Gasteiger partial charge on any atom is 0.221 e. The standard InChI is InChI=1S/C18H17BrN9O/c1-25-10-13(11-26(25)4-5-29)15-8-20-17-18(22-15)28(24-23-17)9-12-2-3-27-16(6-12)14(19)7-21-27/h2-3,6-8,10-11,29H,4-5,9H2,1H3/q+1. The minimum atomic E-state index is 0.0704. The molecule has 0 bridgehead atoms. The van der Waals surface area contributed by atoms with Gasteiger partial charge in [0, 0.05) is 6.20 Å². The monoisotopic (exact) mass is 454 g/mol. The minimum Gasteiger partial charge on any atom is -0.394 e. The summed E-state index contributed by atoms with van der Waals surface area (Å²) in [4.78, 5) is 9.16. The predicted molar refractivity (Wildman–Crippen MR) is 107 cm³/mol. The summed E-state index contributed by atoms with van der Waals surface area (Å²) >= 11 is 3.51. The van der Waals surface area contributed by atoms with Gasteiger partial charge in [0.1, 0.15) is 6.54 Å². The van der Waals surface area contributed by atoms with E-state index in [0.717, 1.165) is 26.8 Å². The van der Waals surface area contributed by atoms with Crippen LogP contribution in [0, 0.1) is 0 Å². The van der Waals surface area contributed by atoms with E-state index in [9.17, 15) is 5.11 Å². The Labute approximate surface area is 173 Å². The number of halogens is 1. The first-order valence-corrected chi connectivity index (χ1v) is 9.77. The maximum atomic E-state index is 9.19. The second-order valence-electron chi connectivity index (χ2n) is 6.68. The highest BCUT2D eigenvalue weighted by Gasteiger charge is 2.15. The molecule has 0 aliphatic heterocycles. The van der Waals surface area contributed by atoms with Crippen LogP contribution >= 0.6 is 15.9 Å². The Morgan fingerprint density at radius 2 is 2.17 bits per heavy atom. The fourth-order valence-corrected chi connectivity index (χ4v) is 3.67. The van der Waals surface area contributed by atoms with Crippen molar-refractivity contribution in [2.24, 2.45) is 7.05 Å². The fraction of sp³-hybridized carbons (Fsp3) is 0.222. The number of aryl methyl sites for hydroxylation is 1. The van der Waals surface area contributed by atoms with Crippen LogP contribution in [-0.4, -0.2) is 51.0 Å². The van der Waals surface area contributed by atoms with Crippen LogP contribution in [0.3, 0.4) is 0 Å². The van der Waals surface area contributed by atoms with E-state index in [1.165, 1.54) is 0 Å². The van der Waals surface area contributed by atoms with Crippen molar-refractivity contribution in [2.75, 3.05) is 6.61 Å². The van der Waals surface area contributed by atoms with Gasteiger partial charge in [-0.2, -0.15) is 9.78 Å². The molecule has 5 heterocycles. The zero-order valence-electron chi connectivity index (χ0n) is 15.5. The van der Waals surface area contributed by atoms with Gasteiger partial charge in [0.2, 0.25) is 11.8 Å². The molecule has 0 spiro atoms. The third kappa shape index (κ3) is 3.17. The highest BCUT2D eigenvalue weighted by atomic mass is 79.9. The molecular weight excluding hydrogens is 438 g/mol. The molecule has 5 rings (SSSR count). The van der Waals surface area contributed by atoms with Gasteiger partial charge in [0.05, 0.1) is 53.0 Å². The molecule has 0 aliphatic carbocycles. The summed E-state index contributed by atoms with van der Waals surface area (Å²) in [5.74, 6) is 0. The van der Waals surface area contributed by atoms with Crippen molar-refractivity contribution in [3.05, 3.63) is 53.2 Å². The van der Waals surface area contributed by atoms with Gasteiger partial charge >= 0.3 is 0 Å². The Morgan fingerprint density at radius 1 is 1.28 bits per heavy atom. The molecule has 0 atom stereocenters. The van der Waals surface area contributed by atoms with Gasteiger partial charge < -0.3 is 5.11 Å². The van der Waals surface area contributed by atoms with E-state index in [-0.39, 0.29) is 6.61 Å². The van der Waals surface area contributed by atoms with Crippen LogP contribution in [-0.2, 0) is 20.1 Å². The molecule has 10 nitrogen and oxygen atoms in total. The van der Waals surface area contributed by atoms with Crippen LogP contribution < -0.4 is 4.68 Å². The zero-order valence-corrected chi connectivity index (χ0v) is 17.1. The molecule has 0 aliphatic rings. The Kier molecular flexibility index (Phi) is 4.32. The van der Waals surface area contributed by atoms with Gasteiger partial charge in [-0.3, -0.25) is 0 Å². The average molecular weight is 455 g/mol. The van der Waals surface area contributed by atoms with Crippen molar-refractivity contribution in [1.82, 2.24) is 39.3 Å². The Bertz CT molecular complexity index is 1340. The molecule has 0 radical (unpaired) electrons. The molecular formula is C18H17BrN9O+. The van der Waals surface area contributed by atoms with Gasteiger partial charge in [0.25, 0.3) is 0 Å². The lowest BCUT2D eigenvalue weighted by Gasteiger charge is -2.04. The first kappa shape index (κ1) is 17.9. The second-order valence-corrected chi connectivity index (χ2v) is 7.54. The quantitative estimate of drug-likeness (QED) is 0.396. The summed E-state index contributed by atoms with van der Waals surface area (Å²) < 4.78 is 8.31. The van der Waals surface area contributed by atoms with Crippen LogP contribution in [0.2, 0.25) is 0 Å². The van der Waals surface area contributed by atoms with Crippen molar-refractivity contribution in [1.29, 1.82) is 0 Å². The number of hydrogen-bond acceptors (Lipinski definition) is 6. The summed E-state index contributed by atoms with van der Waals surface area (Å²) in [6.45, 7) is 1.10. The zero-order chi connectivity index (χ0) is 20.0. The Balaban J connectivity index is 1.52. The SMILES string of the molecule is C[n+]1cc(-c2cnc3nnn(Cc4ccn5ncc(Br)c5c4)c3n2)cn1CCO. The summed E-state index contributed by atoms with van der Waals surface area (Å²) in [7, 11) is 1.92. The van der Waals surface area contributed by atoms with Crippen molar-refractivity contribution in [3.8, 4) is 11.3 Å². The lowest BCUT2D eigenvalue weighted by Crippen LogP contribution is -2.38. The summed E-state index contributed by atoms with van der Waals surface area (Å²) in [5.41, 5.74) is 4.79. The third-order valence-electron chi connectivity index (χ3n) is 4.74. The van der Waals surface area contributed by atoms with Gasteiger partial charge in [-0.25, -0.2) is 19.2 Å². The van der Waals surface area contributed by atoms with Crippen LogP contribution in [0.25, 0.3) is 28.1 Å². The molecule has 0 unspecified atom stereocenters. The van der Waals surface area contributed by atoms with E-state index in [1.54, 1.807) is 17.1 Å². The molecule has 5 aromatic rings. The first-order valence-electron chi connectivity index (χ1n) is 8.98. The maximum absolute atomic E-state index is 9.19. The Hall–Kier alpha value is -3.18. The van der Waals surface area contributed by atoms with Crippen LogP contribution in [0.4, 0.5) is 0 Å². The highest BCUT2D eigenvalue weighted by molar-refractivity contribution is 9.10. The number of nitrogens with zero attached hydrogens (tertiary/aromatic N) is 9. The molecule has 0 amide bonds. The van der Waals surface area contributed by atoms with E-state index in [2.05, 4.69) is 42.4 Å². The van der Waals surface area contributed by atoms with Gasteiger partial charge in [-0.05, 0) is 33.6 Å². The van der Waals surface area contributed by atoms with E-state index < -0.39 is 0 Å². The summed E-state index contributed by atoms with van der Waals surface area (Å²) in [6, 6.07) is 4.04. The fourth-order valence-electron chi connectivity index (χ4n) is 3.28. The third-order valence-corrected chi connectivity index (χ3v) is 5.35. The lowest BCUT2D eigenvalue weighted by molar-refractivity contribution is -0.753. The molecule has 146 valence electrons. The number of rotatable bonds is 5. The largest absolute Gasteiger partial charge is 0.394 e. The van der Waals surface area contributed by atoms with Gasteiger partial charge in [-0.1, -0.05) is 5.21 Å². The highest BCUT2D eigenvalue weighted by Crippen LogP contribution is 2.20. The number of pyridine rings is 1. The van der Waals surface area contributed by atoms with Crippen molar-refractivity contribution in [2.45, 2.75) is 13.1 Å². The molecule has 11 heteroatoms. The Morgan fingerprint density at radius 3 is 3.03 bits per heavy atom. The van der Waals surface area contributed by atoms with Crippen LogP contribution in [0.1, 0.15) is 5.56 Å². The van der Waals surface area contributed by atoms with Crippen molar-refractivity contribution >= 4 is 32.7 Å². The van der Waals surface area contributed by atoms with E-state index in [0.29, 0.717) is 24.4 Å². The number of aliphatic hydroxyl groups is 1. The van der Waals surface area contributed by atoms with E-state index in [1.807, 2.05) is 45.6 Å². The molecule has 0 saturated heterocycles. The predicted octanol–water partition coefficient (Wildman–Crippen LogP) is 0.965. The lowest BCUT2D eigenvalue weighted by atomic mass is 10.2. The summed E-state index contributed by atoms with van der Waals surface area (Å²) in [5, 5.41) is 21.8. The normalized spacial score (nSPS) is 11.7. The van der Waals surface area contributed by atoms with Gasteiger partial charge in [-0.15, -0.1) is 9.78 Å². The van der Waals surface area contributed by atoms with Crippen molar-refractivity contribution in [3.63, 3.8) is 0 Å². The number of hydrogen-bond donors (Lipinski definition) is 1. The molecule has 5 aromatic heterocycles. The molecule has 29 heavy (non-hydrogen) atoms. The second kappa shape index (κ2) is 7.01. The molecule has 0 aromatic carbocycles. The number of aromatic nitrogens is 9. The van der Waals surface area contributed by atoms with Gasteiger partial charge in [0.15, 0.2) is 12.7 Å². The van der Waals surface area contributed by atoms with Crippen LogP contribution in [0.15, 0.2) is 47.6 Å². The average Bonchev–Trinajstić information content (AvgIpc) is 3.41. The molecule has 0 saturated carbocycles. The van der Waals surface area contributed by atoms with E-state index in [4.69, 9.17) is 4.98 Å². The number of aliphatic hydroxyl groups excluding tert-OH is 1. The molecule has 0 fully saturated rings. The smallest absolute Gasteiger partial charge is 0.221 e. The minimum absolute atomic E-state index is 0.0704. The first-order chi connectivity index (χ1) is 14.1. The van der Waals surface area contributed by atoms with E-state index >= 15 is 0 Å². The van der Waals surface area contributed by atoms with Crippen molar-refractivity contribution < 1.29 is 9.79 Å². The number of fused-ring (bicyclic) bond motifs is 2. The summed E-state index contributed by atoms with van der Waals surface area (Å²) in [6.07, 6.45) is 9.26. The van der Waals surface area contributed by atoms with Crippen LogP contribution in [0.5, 0.6) is 0 Å².